The molecule has 5 rings (SSSR count). The number of nitrogens with zero attached hydrogens (tertiary/aromatic N) is 5. The van der Waals surface area contributed by atoms with Gasteiger partial charge in [0.25, 0.3) is 5.56 Å². The zero-order valence-electron chi connectivity index (χ0n) is 20.4. The van der Waals surface area contributed by atoms with Gasteiger partial charge in [0.1, 0.15) is 35.4 Å². The summed E-state index contributed by atoms with van der Waals surface area (Å²) >= 11 is 6.41. The molecule has 2 amide bonds. The fourth-order valence-corrected chi connectivity index (χ4v) is 4.51. The number of anilines is 3. The highest BCUT2D eigenvalue weighted by Gasteiger charge is 2.22. The second-order valence-electron chi connectivity index (χ2n) is 8.98. The maximum Gasteiger partial charge on any atom is 0.319 e. The molecular weight excluding hydrogens is 506 g/mol. The molecule has 0 bridgehead atoms. The fraction of sp³-hybridized carbons (Fsp3) is 0.231. The van der Waals surface area contributed by atoms with Gasteiger partial charge in [0, 0.05) is 11.7 Å². The number of urea groups is 1. The number of aromatic nitrogens is 4. The average Bonchev–Trinajstić information content (AvgIpc) is 2.86. The number of nitrogens with one attached hydrogen (secondary N) is 3. The van der Waals surface area contributed by atoms with Gasteiger partial charge in [-0.25, -0.2) is 19.7 Å². The largest absolute Gasteiger partial charge is 0.382 e. The quantitative estimate of drug-likeness (QED) is 0.289. The first-order valence-electron chi connectivity index (χ1n) is 12.0. The van der Waals surface area contributed by atoms with Gasteiger partial charge >= 0.3 is 6.03 Å². The summed E-state index contributed by atoms with van der Waals surface area (Å²) in [4.78, 5) is 39.0. The molecule has 1 saturated carbocycles. The molecule has 2 heterocycles. The molecule has 11 nitrogen and oxygen atoms in total. The van der Waals surface area contributed by atoms with E-state index in [9.17, 15) is 14.9 Å². The first-order valence-corrected chi connectivity index (χ1v) is 12.4. The summed E-state index contributed by atoms with van der Waals surface area (Å²) in [5.41, 5.74) is 6.93. The van der Waals surface area contributed by atoms with E-state index in [-0.39, 0.29) is 45.2 Å². The van der Waals surface area contributed by atoms with Crippen molar-refractivity contribution >= 4 is 45.9 Å². The minimum absolute atomic E-state index is 0.0341. The van der Waals surface area contributed by atoms with Crippen molar-refractivity contribution in [1.29, 1.82) is 5.26 Å². The van der Waals surface area contributed by atoms with Crippen LogP contribution in [0.15, 0.2) is 53.6 Å². The molecule has 1 unspecified atom stereocenters. The van der Waals surface area contributed by atoms with E-state index < -0.39 is 6.04 Å². The molecule has 0 spiro atoms. The lowest BCUT2D eigenvalue weighted by atomic mass is 9.93. The van der Waals surface area contributed by atoms with E-state index in [2.05, 4.69) is 25.9 Å². The van der Waals surface area contributed by atoms with Crippen LogP contribution in [0.5, 0.6) is 0 Å². The molecule has 0 saturated heterocycles. The zero-order chi connectivity index (χ0) is 26.8. The number of halogens is 1. The van der Waals surface area contributed by atoms with Gasteiger partial charge in [-0.15, -0.1) is 0 Å². The second-order valence-corrected chi connectivity index (χ2v) is 9.39. The number of nitriles is 1. The van der Waals surface area contributed by atoms with Crippen molar-refractivity contribution < 1.29 is 4.79 Å². The molecule has 0 radical (unpaired) electrons. The van der Waals surface area contributed by atoms with E-state index in [1.54, 1.807) is 49.4 Å². The lowest BCUT2D eigenvalue weighted by Gasteiger charge is -2.26. The molecule has 1 fully saturated rings. The van der Waals surface area contributed by atoms with Crippen LogP contribution in [0.2, 0.25) is 5.02 Å². The Morgan fingerprint density at radius 3 is 2.76 bits per heavy atom. The number of nitrogens with two attached hydrogens (primary N) is 1. The minimum atomic E-state index is -0.606. The van der Waals surface area contributed by atoms with Crippen molar-refractivity contribution in [3.8, 4) is 11.8 Å². The first-order chi connectivity index (χ1) is 18.4. The van der Waals surface area contributed by atoms with Crippen LogP contribution < -0.4 is 27.2 Å². The molecule has 1 atom stereocenters. The van der Waals surface area contributed by atoms with Gasteiger partial charge in [0.15, 0.2) is 0 Å². The summed E-state index contributed by atoms with van der Waals surface area (Å²) in [6.07, 6.45) is 4.28. The van der Waals surface area contributed by atoms with Crippen molar-refractivity contribution in [3.05, 3.63) is 75.6 Å². The summed E-state index contributed by atoms with van der Waals surface area (Å²) in [5, 5.41) is 19.0. The van der Waals surface area contributed by atoms with Crippen LogP contribution in [-0.4, -0.2) is 31.6 Å². The maximum atomic E-state index is 13.8. The van der Waals surface area contributed by atoms with Gasteiger partial charge in [-0.2, -0.15) is 5.26 Å². The lowest BCUT2D eigenvalue weighted by Crippen LogP contribution is -2.41. The number of rotatable bonds is 6. The zero-order valence-corrected chi connectivity index (χ0v) is 21.2. The van der Waals surface area contributed by atoms with Crippen molar-refractivity contribution in [2.45, 2.75) is 38.3 Å². The van der Waals surface area contributed by atoms with Crippen LogP contribution in [0, 0.1) is 11.3 Å². The first kappa shape index (κ1) is 25.0. The summed E-state index contributed by atoms with van der Waals surface area (Å²) in [6.45, 7) is 1.78. The fourth-order valence-electron chi connectivity index (χ4n) is 4.26. The summed E-state index contributed by atoms with van der Waals surface area (Å²) in [7, 11) is 0. The van der Waals surface area contributed by atoms with Gasteiger partial charge in [-0.3, -0.25) is 9.36 Å². The number of hydrogen-bond donors (Lipinski definition) is 4. The van der Waals surface area contributed by atoms with E-state index in [0.29, 0.717) is 22.7 Å². The highest BCUT2D eigenvalue weighted by Crippen LogP contribution is 2.27. The van der Waals surface area contributed by atoms with E-state index >= 15 is 0 Å². The Hall–Kier alpha value is -4.69. The smallest absolute Gasteiger partial charge is 0.319 e. The highest BCUT2D eigenvalue weighted by atomic mass is 35.5. The SMILES string of the molecule is CC(Nc1ncnc(N)c1C#N)c1nc2cccc(Cl)c2c(=O)n1-c1cccc(NC(=O)NC2CCC2)c1. The molecule has 38 heavy (non-hydrogen) atoms. The standard InChI is InChI=1S/C26H24ClN9O2/c1-14(32-23-18(12-28)22(29)30-13-31-23)24-35-20-10-4-9-19(27)21(20)25(37)36(24)17-8-3-7-16(11-17)34-26(38)33-15-5-2-6-15/h3-4,7-11,13-15H,2,5-6H2,1H3,(H2,33,34,38)(H3,29,30,31,32). The maximum absolute atomic E-state index is 13.8. The lowest BCUT2D eigenvalue weighted by molar-refractivity contribution is 0.240. The van der Waals surface area contributed by atoms with Gasteiger partial charge in [-0.1, -0.05) is 23.7 Å². The van der Waals surface area contributed by atoms with Gasteiger partial charge < -0.3 is 21.7 Å². The normalized spacial score (nSPS) is 13.8. The molecule has 2 aromatic carbocycles. The molecule has 5 N–H and O–H groups in total. The summed E-state index contributed by atoms with van der Waals surface area (Å²) in [5.74, 6) is 0.580. The number of amides is 2. The Labute approximate surface area is 222 Å². The van der Waals surface area contributed by atoms with Crippen LogP contribution in [0.4, 0.5) is 22.1 Å². The van der Waals surface area contributed by atoms with Crippen LogP contribution >= 0.6 is 11.6 Å². The Morgan fingerprint density at radius 1 is 1.24 bits per heavy atom. The van der Waals surface area contributed by atoms with Crippen molar-refractivity contribution in [1.82, 2.24) is 24.8 Å². The van der Waals surface area contributed by atoms with E-state index in [1.807, 2.05) is 6.07 Å². The molecule has 192 valence electrons. The van der Waals surface area contributed by atoms with Crippen LogP contribution in [0.3, 0.4) is 0 Å². The van der Waals surface area contributed by atoms with E-state index in [4.69, 9.17) is 22.3 Å². The number of hydrogen-bond acceptors (Lipinski definition) is 8. The molecule has 4 aromatic rings. The average molecular weight is 530 g/mol. The molecular formula is C26H24ClN9O2. The predicted molar refractivity (Wildman–Crippen MR) is 145 cm³/mol. The van der Waals surface area contributed by atoms with Gasteiger partial charge in [-0.05, 0) is 56.5 Å². The third kappa shape index (κ3) is 4.81. The predicted octanol–water partition coefficient (Wildman–Crippen LogP) is 4.13. The Morgan fingerprint density at radius 2 is 2.03 bits per heavy atom. The summed E-state index contributed by atoms with van der Waals surface area (Å²) in [6, 6.07) is 13.2. The number of nitrogen functional groups attached to an aromatic ring is 1. The van der Waals surface area contributed by atoms with Crippen LogP contribution in [0.25, 0.3) is 16.6 Å². The van der Waals surface area contributed by atoms with Crippen molar-refractivity contribution in [2.75, 3.05) is 16.4 Å². The van der Waals surface area contributed by atoms with Crippen molar-refractivity contribution in [2.24, 2.45) is 0 Å². The number of benzene rings is 2. The minimum Gasteiger partial charge on any atom is -0.382 e. The molecule has 2 aromatic heterocycles. The van der Waals surface area contributed by atoms with E-state index in [0.717, 1.165) is 19.3 Å². The van der Waals surface area contributed by atoms with E-state index in [1.165, 1.54) is 10.9 Å². The molecule has 12 heteroatoms. The third-order valence-corrected chi connectivity index (χ3v) is 6.72. The Balaban J connectivity index is 1.59. The number of carbonyl (C=O) groups excluding carboxylic acids is 1. The van der Waals surface area contributed by atoms with Crippen LogP contribution in [-0.2, 0) is 0 Å². The Kier molecular flexibility index (Phi) is 6.81. The summed E-state index contributed by atoms with van der Waals surface area (Å²) < 4.78 is 1.43. The third-order valence-electron chi connectivity index (χ3n) is 6.40. The molecule has 1 aliphatic carbocycles. The molecule has 0 aliphatic heterocycles. The number of carbonyl (C=O) groups is 1. The van der Waals surface area contributed by atoms with Crippen LogP contribution in [0.1, 0.15) is 43.6 Å². The van der Waals surface area contributed by atoms with Crippen molar-refractivity contribution in [3.63, 3.8) is 0 Å². The molecule has 1 aliphatic rings. The highest BCUT2D eigenvalue weighted by molar-refractivity contribution is 6.35. The Bertz CT molecular complexity index is 1640. The topological polar surface area (TPSA) is 164 Å². The van der Waals surface area contributed by atoms with Gasteiger partial charge in [0.05, 0.1) is 27.7 Å². The second kappa shape index (κ2) is 10.4. The van der Waals surface area contributed by atoms with Gasteiger partial charge in [0.2, 0.25) is 0 Å². The monoisotopic (exact) mass is 529 g/mol. The number of fused-ring (bicyclic) bond motifs is 1.